The quantitative estimate of drug-likeness (QED) is 0.0478. The van der Waals surface area contributed by atoms with E-state index in [0.29, 0.717) is 12.8 Å². The van der Waals surface area contributed by atoms with Crippen LogP contribution in [0.2, 0.25) is 0 Å². The summed E-state index contributed by atoms with van der Waals surface area (Å²) >= 11 is 0. The number of aliphatic hydroxyl groups excluding tert-OH is 1. The molecule has 0 aromatic carbocycles. The lowest BCUT2D eigenvalue weighted by molar-refractivity contribution is -0.152. The standard InChI is InChI=1S/C37H68O5/c1-3-5-7-9-11-13-15-17-18-20-22-24-26-28-30-32-37(40)42-34-35(38)33-41-36(39)31-29-27-25-23-21-19-16-14-12-10-8-6-4-2/h14,16-18,35,38H,3-13,15,19-34H2,1-2H3/b16-14-,18-17-/t35-/m1/s1. The second-order valence-corrected chi connectivity index (χ2v) is 12.0. The molecule has 0 heterocycles. The van der Waals surface area contributed by atoms with E-state index in [0.717, 1.165) is 51.4 Å². The van der Waals surface area contributed by atoms with E-state index in [4.69, 9.17) is 9.47 Å². The van der Waals surface area contributed by atoms with Gasteiger partial charge in [0.15, 0.2) is 0 Å². The normalized spacial score (nSPS) is 12.4. The fourth-order valence-corrected chi connectivity index (χ4v) is 4.90. The van der Waals surface area contributed by atoms with Gasteiger partial charge in [-0.15, -0.1) is 0 Å². The Morgan fingerprint density at radius 3 is 1.12 bits per heavy atom. The summed E-state index contributed by atoms with van der Waals surface area (Å²) in [7, 11) is 0. The number of unbranched alkanes of at least 4 members (excludes halogenated alkanes) is 20. The summed E-state index contributed by atoms with van der Waals surface area (Å²) in [6.45, 7) is 4.26. The van der Waals surface area contributed by atoms with Crippen LogP contribution in [0.1, 0.15) is 181 Å². The first-order valence-electron chi connectivity index (χ1n) is 17.9. The molecule has 0 aromatic rings. The Labute approximate surface area is 260 Å². The Kier molecular flexibility index (Phi) is 32.6. The van der Waals surface area contributed by atoms with Gasteiger partial charge in [0, 0.05) is 12.8 Å². The Morgan fingerprint density at radius 1 is 0.476 bits per heavy atom. The van der Waals surface area contributed by atoms with Gasteiger partial charge >= 0.3 is 11.9 Å². The molecule has 0 radical (unpaired) electrons. The minimum atomic E-state index is -0.966. The highest BCUT2D eigenvalue weighted by molar-refractivity contribution is 5.69. The molecule has 0 bridgehead atoms. The molecule has 0 aliphatic rings. The zero-order valence-corrected chi connectivity index (χ0v) is 27.8. The molecule has 0 spiro atoms. The van der Waals surface area contributed by atoms with E-state index in [9.17, 15) is 14.7 Å². The second-order valence-electron chi connectivity index (χ2n) is 12.0. The number of ether oxygens (including phenoxy) is 2. The van der Waals surface area contributed by atoms with Crippen LogP contribution in [0.4, 0.5) is 0 Å². The topological polar surface area (TPSA) is 72.8 Å². The van der Waals surface area contributed by atoms with Crippen LogP contribution in [0.25, 0.3) is 0 Å². The van der Waals surface area contributed by atoms with Gasteiger partial charge in [0.25, 0.3) is 0 Å². The van der Waals surface area contributed by atoms with Gasteiger partial charge in [0.2, 0.25) is 0 Å². The van der Waals surface area contributed by atoms with Crippen molar-refractivity contribution in [1.82, 2.24) is 0 Å². The summed E-state index contributed by atoms with van der Waals surface area (Å²) in [5.74, 6) is -0.583. The molecular weight excluding hydrogens is 524 g/mol. The van der Waals surface area contributed by atoms with E-state index in [2.05, 4.69) is 38.2 Å². The highest BCUT2D eigenvalue weighted by Crippen LogP contribution is 2.11. The number of aliphatic hydroxyl groups is 1. The molecule has 0 aliphatic heterocycles. The van der Waals surface area contributed by atoms with Crippen molar-refractivity contribution in [1.29, 1.82) is 0 Å². The largest absolute Gasteiger partial charge is 0.463 e. The molecule has 1 N–H and O–H groups in total. The first-order valence-corrected chi connectivity index (χ1v) is 17.9. The molecular formula is C37H68O5. The Balaban J connectivity index is 3.46. The van der Waals surface area contributed by atoms with Crippen LogP contribution in [-0.4, -0.2) is 36.4 Å². The lowest BCUT2D eigenvalue weighted by Gasteiger charge is -2.12. The number of hydrogen-bond donors (Lipinski definition) is 1. The SMILES string of the molecule is CCCCCC/C=C\CCCCCCCC(=O)OC[C@@H](O)COC(=O)CCCCCCC/C=C\CCCCCCCC. The average molecular weight is 593 g/mol. The van der Waals surface area contributed by atoms with Crippen molar-refractivity contribution in [3.63, 3.8) is 0 Å². The third-order valence-corrected chi connectivity index (χ3v) is 7.66. The summed E-state index contributed by atoms with van der Waals surface area (Å²) < 4.78 is 10.3. The molecule has 0 fully saturated rings. The van der Waals surface area contributed by atoms with Crippen LogP contribution in [0.3, 0.4) is 0 Å². The van der Waals surface area contributed by atoms with Crippen LogP contribution >= 0.6 is 0 Å². The van der Waals surface area contributed by atoms with Crippen molar-refractivity contribution in [2.75, 3.05) is 13.2 Å². The Morgan fingerprint density at radius 2 is 0.762 bits per heavy atom. The van der Waals surface area contributed by atoms with Crippen LogP contribution in [0, 0.1) is 0 Å². The van der Waals surface area contributed by atoms with Crippen molar-refractivity contribution in [3.05, 3.63) is 24.3 Å². The lowest BCUT2D eigenvalue weighted by Crippen LogP contribution is -2.25. The predicted octanol–water partition coefficient (Wildman–Crippen LogP) is 10.7. The molecule has 0 aliphatic carbocycles. The molecule has 0 unspecified atom stereocenters. The zero-order valence-electron chi connectivity index (χ0n) is 27.8. The molecule has 5 heteroatoms. The smallest absolute Gasteiger partial charge is 0.305 e. The van der Waals surface area contributed by atoms with Gasteiger partial charge in [-0.05, 0) is 64.2 Å². The van der Waals surface area contributed by atoms with Crippen molar-refractivity contribution < 1.29 is 24.2 Å². The summed E-state index contributed by atoms with van der Waals surface area (Å²) in [5, 5.41) is 9.97. The highest BCUT2D eigenvalue weighted by Gasteiger charge is 2.12. The van der Waals surface area contributed by atoms with Crippen LogP contribution in [0.5, 0.6) is 0 Å². The second kappa shape index (κ2) is 33.9. The monoisotopic (exact) mass is 593 g/mol. The van der Waals surface area contributed by atoms with Gasteiger partial charge in [-0.3, -0.25) is 9.59 Å². The van der Waals surface area contributed by atoms with Crippen molar-refractivity contribution in [2.45, 2.75) is 187 Å². The van der Waals surface area contributed by atoms with Crippen molar-refractivity contribution in [3.8, 4) is 0 Å². The molecule has 5 nitrogen and oxygen atoms in total. The Bertz CT molecular complexity index is 642. The maximum absolute atomic E-state index is 11.9. The number of carbonyl (C=O) groups excluding carboxylic acids is 2. The van der Waals surface area contributed by atoms with Gasteiger partial charge < -0.3 is 14.6 Å². The third-order valence-electron chi connectivity index (χ3n) is 7.66. The van der Waals surface area contributed by atoms with E-state index in [1.807, 2.05) is 0 Å². The fourth-order valence-electron chi connectivity index (χ4n) is 4.90. The molecule has 246 valence electrons. The van der Waals surface area contributed by atoms with Gasteiger partial charge in [-0.25, -0.2) is 0 Å². The number of esters is 2. The predicted molar refractivity (Wildman–Crippen MR) is 178 cm³/mol. The van der Waals surface area contributed by atoms with Crippen molar-refractivity contribution in [2.24, 2.45) is 0 Å². The molecule has 0 amide bonds. The van der Waals surface area contributed by atoms with Crippen LogP contribution in [-0.2, 0) is 19.1 Å². The van der Waals surface area contributed by atoms with Gasteiger partial charge in [0.05, 0.1) is 0 Å². The average Bonchev–Trinajstić information content (AvgIpc) is 2.99. The number of hydrogen-bond acceptors (Lipinski definition) is 5. The molecule has 0 rings (SSSR count). The lowest BCUT2D eigenvalue weighted by atomic mass is 10.1. The number of carbonyl (C=O) groups is 2. The zero-order chi connectivity index (χ0) is 30.8. The van der Waals surface area contributed by atoms with Gasteiger partial charge in [-0.1, -0.05) is 128 Å². The van der Waals surface area contributed by atoms with Crippen molar-refractivity contribution >= 4 is 11.9 Å². The molecule has 0 aromatic heterocycles. The molecule has 0 saturated carbocycles. The van der Waals surface area contributed by atoms with Gasteiger partial charge in [0.1, 0.15) is 19.3 Å². The first kappa shape index (κ1) is 40.4. The fraction of sp³-hybridized carbons (Fsp3) is 0.838. The van der Waals surface area contributed by atoms with E-state index < -0.39 is 6.10 Å². The van der Waals surface area contributed by atoms with E-state index >= 15 is 0 Å². The molecule has 1 atom stereocenters. The summed E-state index contributed by atoms with van der Waals surface area (Å²) in [6, 6.07) is 0. The third kappa shape index (κ3) is 32.9. The maximum atomic E-state index is 11.9. The van der Waals surface area contributed by atoms with E-state index in [1.54, 1.807) is 0 Å². The number of allylic oxidation sites excluding steroid dienone is 4. The minimum Gasteiger partial charge on any atom is -0.463 e. The number of rotatable bonds is 32. The van der Waals surface area contributed by atoms with Crippen LogP contribution in [0.15, 0.2) is 24.3 Å². The first-order chi connectivity index (χ1) is 20.6. The summed E-state index contributed by atoms with van der Waals surface area (Å²) in [5.41, 5.74) is 0. The maximum Gasteiger partial charge on any atom is 0.305 e. The van der Waals surface area contributed by atoms with E-state index in [1.165, 1.54) is 103 Å². The summed E-state index contributed by atoms with van der Waals surface area (Å²) in [6.07, 6.45) is 37.9. The molecule has 42 heavy (non-hydrogen) atoms. The van der Waals surface area contributed by atoms with E-state index in [-0.39, 0.29) is 25.2 Å². The Hall–Kier alpha value is -1.62. The van der Waals surface area contributed by atoms with Gasteiger partial charge in [-0.2, -0.15) is 0 Å². The highest BCUT2D eigenvalue weighted by atomic mass is 16.6. The molecule has 0 saturated heterocycles. The minimum absolute atomic E-state index is 0.121. The summed E-state index contributed by atoms with van der Waals surface area (Å²) in [4.78, 5) is 23.8. The van der Waals surface area contributed by atoms with Crippen LogP contribution < -0.4 is 0 Å².